The summed E-state index contributed by atoms with van der Waals surface area (Å²) < 4.78 is 0. The highest BCUT2D eigenvalue weighted by Gasteiger charge is 2.16. The summed E-state index contributed by atoms with van der Waals surface area (Å²) in [6, 6.07) is 6.02. The van der Waals surface area contributed by atoms with Crippen LogP contribution >= 0.6 is 24.0 Å². The molecule has 0 atom stereocenters. The van der Waals surface area contributed by atoms with Crippen molar-refractivity contribution < 1.29 is 0 Å². The number of pyridine rings is 1. The van der Waals surface area contributed by atoms with E-state index in [0.29, 0.717) is 0 Å². The molecule has 124 valence electrons. The van der Waals surface area contributed by atoms with Gasteiger partial charge in [0, 0.05) is 38.4 Å². The molecule has 0 aromatic carbocycles. The fourth-order valence-electron chi connectivity index (χ4n) is 2.58. The van der Waals surface area contributed by atoms with Gasteiger partial charge >= 0.3 is 0 Å². The molecule has 0 aliphatic carbocycles. The van der Waals surface area contributed by atoms with E-state index in [1.165, 1.54) is 25.9 Å². The number of aliphatic imine (C=N–C) groups is 1. The van der Waals surface area contributed by atoms with Gasteiger partial charge in [-0.15, -0.1) is 24.0 Å². The predicted molar refractivity (Wildman–Crippen MR) is 103 cm³/mol. The van der Waals surface area contributed by atoms with Gasteiger partial charge in [0.2, 0.25) is 0 Å². The Morgan fingerprint density at radius 2 is 2.09 bits per heavy atom. The molecular weight excluding hydrogens is 389 g/mol. The zero-order valence-corrected chi connectivity index (χ0v) is 15.9. The van der Waals surface area contributed by atoms with Crippen LogP contribution in [-0.4, -0.2) is 56.1 Å². The summed E-state index contributed by atoms with van der Waals surface area (Å²) in [5.41, 5.74) is 1.11. The summed E-state index contributed by atoms with van der Waals surface area (Å²) >= 11 is 0. The minimum atomic E-state index is 0. The Kier molecular flexibility index (Phi) is 9.38. The summed E-state index contributed by atoms with van der Waals surface area (Å²) in [7, 11) is 4.02. The monoisotopic (exact) mass is 417 g/mol. The molecule has 0 bridgehead atoms. The molecule has 1 aliphatic heterocycles. The van der Waals surface area contributed by atoms with E-state index in [0.717, 1.165) is 37.1 Å². The largest absolute Gasteiger partial charge is 0.356 e. The highest BCUT2D eigenvalue weighted by atomic mass is 127. The van der Waals surface area contributed by atoms with Crippen LogP contribution in [-0.2, 0) is 6.42 Å². The lowest BCUT2D eigenvalue weighted by atomic mass is 9.97. The van der Waals surface area contributed by atoms with Crippen LogP contribution in [0, 0.1) is 5.92 Å². The molecular formula is C16H28IN5. The van der Waals surface area contributed by atoms with Crippen LogP contribution in [0.15, 0.2) is 29.4 Å². The lowest BCUT2D eigenvalue weighted by molar-refractivity contribution is 0.220. The maximum atomic E-state index is 4.32. The molecule has 22 heavy (non-hydrogen) atoms. The normalized spacial score (nSPS) is 16.9. The Hall–Kier alpha value is -0.890. The van der Waals surface area contributed by atoms with Gasteiger partial charge in [-0.05, 0) is 51.0 Å². The number of rotatable bonds is 5. The number of aromatic nitrogens is 1. The van der Waals surface area contributed by atoms with Crippen molar-refractivity contribution in [3.8, 4) is 0 Å². The van der Waals surface area contributed by atoms with Gasteiger partial charge in [0.05, 0.1) is 0 Å². The zero-order valence-electron chi connectivity index (χ0n) is 13.6. The van der Waals surface area contributed by atoms with Gasteiger partial charge in [-0.1, -0.05) is 6.07 Å². The van der Waals surface area contributed by atoms with Crippen LogP contribution in [0.2, 0.25) is 0 Å². The Labute approximate surface area is 151 Å². The summed E-state index contributed by atoms with van der Waals surface area (Å²) in [4.78, 5) is 11.0. The smallest absolute Gasteiger partial charge is 0.190 e. The third kappa shape index (κ3) is 6.91. The van der Waals surface area contributed by atoms with Crippen LogP contribution in [0.3, 0.4) is 0 Å². The first kappa shape index (κ1) is 19.2. The fourth-order valence-corrected chi connectivity index (χ4v) is 2.58. The number of nitrogens with one attached hydrogen (secondary N) is 2. The number of hydrogen-bond acceptors (Lipinski definition) is 3. The van der Waals surface area contributed by atoms with Gasteiger partial charge in [0.1, 0.15) is 0 Å². The lowest BCUT2D eigenvalue weighted by Gasteiger charge is -2.29. The Balaban J connectivity index is 0.00000242. The molecule has 2 heterocycles. The maximum Gasteiger partial charge on any atom is 0.190 e. The second kappa shape index (κ2) is 10.8. The molecule has 1 fully saturated rings. The van der Waals surface area contributed by atoms with E-state index in [9.17, 15) is 0 Å². The summed E-state index contributed by atoms with van der Waals surface area (Å²) in [6.45, 7) is 4.28. The van der Waals surface area contributed by atoms with Crippen molar-refractivity contribution in [1.82, 2.24) is 20.5 Å². The van der Waals surface area contributed by atoms with Gasteiger partial charge in [0.15, 0.2) is 5.96 Å². The molecule has 0 spiro atoms. The van der Waals surface area contributed by atoms with Gasteiger partial charge in [0.25, 0.3) is 0 Å². The first-order valence-electron chi connectivity index (χ1n) is 7.81. The minimum absolute atomic E-state index is 0. The fraction of sp³-hybridized carbons (Fsp3) is 0.625. The van der Waals surface area contributed by atoms with Crippen LogP contribution in [0.1, 0.15) is 18.5 Å². The number of guanidine groups is 1. The molecule has 2 rings (SSSR count). The highest BCUT2D eigenvalue weighted by Crippen LogP contribution is 2.14. The second-order valence-corrected chi connectivity index (χ2v) is 5.70. The summed E-state index contributed by atoms with van der Waals surface area (Å²) in [5, 5.41) is 6.79. The second-order valence-electron chi connectivity index (χ2n) is 5.70. The maximum absolute atomic E-state index is 4.32. The van der Waals surface area contributed by atoms with Crippen molar-refractivity contribution in [2.75, 3.05) is 40.3 Å². The molecule has 6 heteroatoms. The van der Waals surface area contributed by atoms with Crippen LogP contribution in [0.5, 0.6) is 0 Å². The summed E-state index contributed by atoms with van der Waals surface area (Å²) in [5.74, 6) is 1.65. The molecule has 0 amide bonds. The quantitative estimate of drug-likeness (QED) is 0.436. The van der Waals surface area contributed by atoms with Crippen LogP contribution in [0.25, 0.3) is 0 Å². The van der Waals surface area contributed by atoms with E-state index in [4.69, 9.17) is 0 Å². The number of nitrogens with zero attached hydrogens (tertiary/aromatic N) is 3. The van der Waals surface area contributed by atoms with Crippen LogP contribution < -0.4 is 10.6 Å². The molecule has 0 unspecified atom stereocenters. The number of halogens is 1. The zero-order chi connectivity index (χ0) is 14.9. The molecule has 0 saturated carbocycles. The topological polar surface area (TPSA) is 52.6 Å². The van der Waals surface area contributed by atoms with Crippen molar-refractivity contribution in [3.05, 3.63) is 30.1 Å². The minimum Gasteiger partial charge on any atom is -0.356 e. The molecule has 1 aromatic rings. The third-order valence-electron chi connectivity index (χ3n) is 4.02. The van der Waals surface area contributed by atoms with E-state index in [1.54, 1.807) is 0 Å². The predicted octanol–water partition coefficient (Wildman–Crippen LogP) is 1.75. The van der Waals surface area contributed by atoms with Gasteiger partial charge in [-0.2, -0.15) is 0 Å². The third-order valence-corrected chi connectivity index (χ3v) is 4.02. The van der Waals surface area contributed by atoms with Gasteiger partial charge < -0.3 is 15.5 Å². The van der Waals surface area contributed by atoms with Crippen LogP contribution in [0.4, 0.5) is 0 Å². The Morgan fingerprint density at radius 3 is 2.73 bits per heavy atom. The van der Waals surface area contributed by atoms with Crippen molar-refractivity contribution in [1.29, 1.82) is 0 Å². The summed E-state index contributed by atoms with van der Waals surface area (Å²) in [6.07, 6.45) is 5.29. The van der Waals surface area contributed by atoms with Crippen molar-refractivity contribution in [3.63, 3.8) is 0 Å². The number of likely N-dealkylation sites (tertiary alicyclic amines) is 1. The van der Waals surface area contributed by atoms with Gasteiger partial charge in [-0.3, -0.25) is 9.98 Å². The van der Waals surface area contributed by atoms with E-state index >= 15 is 0 Å². The number of piperidine rings is 1. The average Bonchev–Trinajstić information content (AvgIpc) is 2.53. The lowest BCUT2D eigenvalue weighted by Crippen LogP contribution is -2.42. The molecule has 0 radical (unpaired) electrons. The van der Waals surface area contributed by atoms with Crippen molar-refractivity contribution in [2.24, 2.45) is 10.9 Å². The number of hydrogen-bond donors (Lipinski definition) is 2. The molecule has 5 nitrogen and oxygen atoms in total. The van der Waals surface area contributed by atoms with E-state index in [2.05, 4.69) is 38.6 Å². The SMILES string of the molecule is CN=C(NCCc1ccccn1)NCC1CCN(C)CC1.I. The molecule has 2 N–H and O–H groups in total. The van der Waals surface area contributed by atoms with E-state index in [-0.39, 0.29) is 24.0 Å². The molecule has 1 saturated heterocycles. The highest BCUT2D eigenvalue weighted by molar-refractivity contribution is 14.0. The van der Waals surface area contributed by atoms with Crippen molar-refractivity contribution in [2.45, 2.75) is 19.3 Å². The van der Waals surface area contributed by atoms with Crippen molar-refractivity contribution >= 4 is 29.9 Å². The van der Waals surface area contributed by atoms with E-state index < -0.39 is 0 Å². The molecule has 1 aromatic heterocycles. The Morgan fingerprint density at radius 1 is 1.32 bits per heavy atom. The molecule has 1 aliphatic rings. The Bertz CT molecular complexity index is 429. The van der Waals surface area contributed by atoms with E-state index in [1.807, 2.05) is 25.4 Å². The average molecular weight is 417 g/mol. The first-order chi connectivity index (χ1) is 10.3. The van der Waals surface area contributed by atoms with Gasteiger partial charge in [-0.25, -0.2) is 0 Å². The first-order valence-corrected chi connectivity index (χ1v) is 7.81. The standard InChI is InChI=1S/C16H27N5.HI/c1-17-16(19-10-6-15-5-3-4-9-18-15)20-13-14-7-11-21(2)12-8-14;/h3-5,9,14H,6-8,10-13H2,1-2H3,(H2,17,19,20);1H.